The molecule has 1 N–H and O–H groups in total. The maximum atomic E-state index is 11.2. The Morgan fingerprint density at radius 3 is 2.37 bits per heavy atom. The predicted octanol–water partition coefficient (Wildman–Crippen LogP) is 3.09. The zero-order valence-electron chi connectivity index (χ0n) is 11.3. The summed E-state index contributed by atoms with van der Waals surface area (Å²) in [4.78, 5) is 20.1. The topological polar surface area (TPSA) is 63.1 Å². The molecular weight excluding hydrogens is 280 g/mol. The van der Waals surface area contributed by atoms with Crippen molar-refractivity contribution in [3.8, 4) is 0 Å². The molecule has 0 amide bonds. The molecule has 0 aromatic carbocycles. The van der Waals surface area contributed by atoms with Crippen molar-refractivity contribution in [2.45, 2.75) is 37.7 Å². The smallest absolute Gasteiger partial charge is 0.339 e. The van der Waals surface area contributed by atoms with E-state index in [1.165, 1.54) is 5.75 Å². The first-order valence-corrected chi connectivity index (χ1v) is 8.46. The Labute approximate surface area is 121 Å². The van der Waals surface area contributed by atoms with E-state index in [-0.39, 0.29) is 10.8 Å². The van der Waals surface area contributed by atoms with Crippen LogP contribution in [0.2, 0.25) is 0 Å². The van der Waals surface area contributed by atoms with Gasteiger partial charge in [0, 0.05) is 16.8 Å². The van der Waals surface area contributed by atoms with E-state index in [2.05, 4.69) is 16.9 Å². The monoisotopic (exact) mass is 298 g/mol. The molecule has 1 fully saturated rings. The highest BCUT2D eigenvalue weighted by molar-refractivity contribution is 8.06. The molecule has 0 saturated carbocycles. The second kappa shape index (κ2) is 6.13. The number of nitrogens with zero attached hydrogens (tertiary/aromatic N) is 2. The third kappa shape index (κ3) is 3.05. The van der Waals surface area contributed by atoms with Gasteiger partial charge in [0.1, 0.15) is 11.4 Å². The summed E-state index contributed by atoms with van der Waals surface area (Å²) >= 11 is 3.86. The number of aromatic nitrogens is 2. The predicted molar refractivity (Wildman–Crippen MR) is 80.2 cm³/mol. The lowest BCUT2D eigenvalue weighted by Gasteiger charge is -2.29. The number of aromatic carboxylic acids is 1. The van der Waals surface area contributed by atoms with E-state index in [1.54, 1.807) is 13.8 Å². The van der Waals surface area contributed by atoms with Gasteiger partial charge >= 0.3 is 5.97 Å². The van der Waals surface area contributed by atoms with Gasteiger partial charge in [-0.3, -0.25) is 0 Å². The molecule has 2 heterocycles. The molecule has 104 valence electrons. The van der Waals surface area contributed by atoms with Crippen molar-refractivity contribution in [1.29, 1.82) is 0 Å². The highest BCUT2D eigenvalue weighted by atomic mass is 32.2. The Balaban J connectivity index is 2.37. The minimum atomic E-state index is -0.945. The van der Waals surface area contributed by atoms with Crippen LogP contribution in [0.15, 0.2) is 0 Å². The van der Waals surface area contributed by atoms with Gasteiger partial charge in [-0.25, -0.2) is 14.8 Å². The molecule has 6 heteroatoms. The van der Waals surface area contributed by atoms with Crippen LogP contribution in [0.25, 0.3) is 0 Å². The van der Waals surface area contributed by atoms with E-state index in [9.17, 15) is 4.79 Å². The lowest BCUT2D eigenvalue weighted by Crippen LogP contribution is -2.22. The Morgan fingerprint density at radius 1 is 1.26 bits per heavy atom. The number of thioether (sulfide) groups is 2. The van der Waals surface area contributed by atoms with Crippen molar-refractivity contribution < 1.29 is 9.90 Å². The molecule has 19 heavy (non-hydrogen) atoms. The fourth-order valence-electron chi connectivity index (χ4n) is 2.32. The van der Waals surface area contributed by atoms with Crippen LogP contribution in [0.3, 0.4) is 0 Å². The van der Waals surface area contributed by atoms with Gasteiger partial charge in [-0.1, -0.05) is 6.92 Å². The standard InChI is InChI=1S/C13H18N2O2S2/c1-4-9-11(19-6-5-18-9)12-14-7(2)10(13(16)17)8(3)15-12/h9,11H,4-6H2,1-3H3,(H,16,17). The number of rotatable bonds is 3. The Bertz CT molecular complexity index is 471. The van der Waals surface area contributed by atoms with E-state index in [0.717, 1.165) is 18.0 Å². The zero-order valence-corrected chi connectivity index (χ0v) is 13.0. The summed E-state index contributed by atoms with van der Waals surface area (Å²) in [6, 6.07) is 0. The molecule has 1 saturated heterocycles. The molecule has 0 aliphatic carbocycles. The van der Waals surface area contributed by atoms with Crippen LogP contribution in [-0.2, 0) is 0 Å². The molecule has 1 aromatic heterocycles. The normalized spacial score (nSPS) is 23.3. The number of aryl methyl sites for hydroxylation is 2. The quantitative estimate of drug-likeness (QED) is 0.925. The molecule has 2 unspecified atom stereocenters. The number of hydrogen-bond donors (Lipinski definition) is 1. The van der Waals surface area contributed by atoms with Crippen LogP contribution in [0, 0.1) is 13.8 Å². The van der Waals surface area contributed by atoms with Crippen molar-refractivity contribution in [2.75, 3.05) is 11.5 Å². The summed E-state index contributed by atoms with van der Waals surface area (Å²) in [5, 5.41) is 9.96. The SMILES string of the molecule is CCC1SCCSC1c1nc(C)c(C(=O)O)c(C)n1. The molecule has 1 aliphatic heterocycles. The first kappa shape index (κ1) is 14.7. The van der Waals surface area contributed by atoms with Crippen molar-refractivity contribution in [2.24, 2.45) is 0 Å². The van der Waals surface area contributed by atoms with Crippen LogP contribution in [-0.4, -0.2) is 37.8 Å². The van der Waals surface area contributed by atoms with Crippen molar-refractivity contribution in [1.82, 2.24) is 9.97 Å². The Kier molecular flexibility index (Phi) is 4.73. The average molecular weight is 298 g/mol. The molecule has 0 radical (unpaired) electrons. The lowest BCUT2D eigenvalue weighted by molar-refractivity contribution is 0.0694. The number of hydrogen-bond acceptors (Lipinski definition) is 5. The number of carboxylic acids is 1. The lowest BCUT2D eigenvalue weighted by atomic mass is 10.1. The summed E-state index contributed by atoms with van der Waals surface area (Å²) in [5.41, 5.74) is 1.38. The summed E-state index contributed by atoms with van der Waals surface area (Å²) in [7, 11) is 0. The molecule has 0 spiro atoms. The zero-order chi connectivity index (χ0) is 14.0. The minimum Gasteiger partial charge on any atom is -0.478 e. The van der Waals surface area contributed by atoms with Gasteiger partial charge in [-0.15, -0.1) is 11.8 Å². The molecule has 1 aliphatic rings. The third-order valence-corrected chi connectivity index (χ3v) is 6.45. The molecule has 2 rings (SSSR count). The van der Waals surface area contributed by atoms with Gasteiger partial charge in [-0.05, 0) is 20.3 Å². The molecule has 0 bridgehead atoms. The summed E-state index contributed by atoms with van der Waals surface area (Å²) in [5.74, 6) is 2.13. The first-order chi connectivity index (χ1) is 9.04. The van der Waals surface area contributed by atoms with Gasteiger partial charge in [0.15, 0.2) is 0 Å². The molecular formula is C13H18N2O2S2. The highest BCUT2D eigenvalue weighted by Crippen LogP contribution is 2.42. The molecule has 4 nitrogen and oxygen atoms in total. The van der Waals surface area contributed by atoms with Gasteiger partial charge in [0.2, 0.25) is 0 Å². The fourth-order valence-corrected chi connectivity index (χ4v) is 5.31. The van der Waals surface area contributed by atoms with Gasteiger partial charge in [-0.2, -0.15) is 11.8 Å². The van der Waals surface area contributed by atoms with Crippen molar-refractivity contribution in [3.05, 3.63) is 22.8 Å². The second-order valence-electron chi connectivity index (χ2n) is 4.54. The Hall–Kier alpha value is -0.750. The summed E-state index contributed by atoms with van der Waals surface area (Å²) in [6.45, 7) is 5.69. The van der Waals surface area contributed by atoms with E-state index in [1.807, 2.05) is 23.5 Å². The van der Waals surface area contributed by atoms with Gasteiger partial charge in [0.05, 0.1) is 16.6 Å². The average Bonchev–Trinajstić information content (AvgIpc) is 2.37. The van der Waals surface area contributed by atoms with Crippen LogP contribution >= 0.6 is 23.5 Å². The van der Waals surface area contributed by atoms with Gasteiger partial charge < -0.3 is 5.11 Å². The van der Waals surface area contributed by atoms with E-state index >= 15 is 0 Å². The van der Waals surface area contributed by atoms with E-state index < -0.39 is 5.97 Å². The van der Waals surface area contributed by atoms with Crippen LogP contribution < -0.4 is 0 Å². The van der Waals surface area contributed by atoms with Crippen LogP contribution in [0.5, 0.6) is 0 Å². The highest BCUT2D eigenvalue weighted by Gasteiger charge is 2.29. The third-order valence-electron chi connectivity index (χ3n) is 3.21. The molecule has 2 atom stereocenters. The fraction of sp³-hybridized carbons (Fsp3) is 0.615. The second-order valence-corrected chi connectivity index (χ2v) is 7.14. The van der Waals surface area contributed by atoms with Gasteiger partial charge in [0.25, 0.3) is 0 Å². The van der Waals surface area contributed by atoms with Crippen molar-refractivity contribution in [3.63, 3.8) is 0 Å². The maximum Gasteiger partial charge on any atom is 0.339 e. The van der Waals surface area contributed by atoms with E-state index in [4.69, 9.17) is 5.11 Å². The van der Waals surface area contributed by atoms with Crippen LogP contribution in [0.1, 0.15) is 46.2 Å². The number of carbonyl (C=O) groups is 1. The summed E-state index contributed by atoms with van der Waals surface area (Å²) in [6.07, 6.45) is 1.09. The largest absolute Gasteiger partial charge is 0.478 e. The van der Waals surface area contributed by atoms with E-state index in [0.29, 0.717) is 16.6 Å². The Morgan fingerprint density at radius 2 is 1.84 bits per heavy atom. The maximum absolute atomic E-state index is 11.2. The first-order valence-electron chi connectivity index (χ1n) is 6.36. The minimum absolute atomic E-state index is 0.241. The number of carboxylic acid groups (broad SMARTS) is 1. The molecule has 1 aromatic rings. The van der Waals surface area contributed by atoms with Crippen molar-refractivity contribution >= 4 is 29.5 Å². The van der Waals surface area contributed by atoms with Crippen LogP contribution in [0.4, 0.5) is 0 Å². The summed E-state index contributed by atoms with van der Waals surface area (Å²) < 4.78 is 0.